The summed E-state index contributed by atoms with van der Waals surface area (Å²) in [5.41, 5.74) is 5.03. The van der Waals surface area contributed by atoms with Gasteiger partial charge < -0.3 is 5.43 Å². The molecule has 2 aromatic rings. The molecule has 0 aromatic heterocycles. The molecule has 112 valence electrons. The van der Waals surface area contributed by atoms with Gasteiger partial charge in [0.05, 0.1) is 12.8 Å². The van der Waals surface area contributed by atoms with Crippen LogP contribution in [0.15, 0.2) is 58.6 Å². The highest BCUT2D eigenvalue weighted by molar-refractivity contribution is 9.10. The van der Waals surface area contributed by atoms with Gasteiger partial charge in [0.2, 0.25) is 0 Å². The van der Waals surface area contributed by atoms with Crippen molar-refractivity contribution in [2.75, 3.05) is 6.54 Å². The van der Waals surface area contributed by atoms with Gasteiger partial charge in [-0.15, -0.1) is 0 Å². The number of nitrogens with one attached hydrogen (secondary N) is 1. The smallest absolute Gasteiger partial charge is 0.184 e. The molecule has 2 aromatic carbocycles. The molecule has 1 N–H and O–H groups in total. The molecular weight excluding hydrogens is 364 g/mol. The molecule has 3 nitrogen and oxygen atoms in total. The fraction of sp³-hybridized carbons (Fsp3) is 0.0588. The van der Waals surface area contributed by atoms with Gasteiger partial charge in [0, 0.05) is 20.6 Å². The molecular formula is C17H14BrClN2O. The Bertz CT molecular complexity index is 728. The molecule has 0 atom stereocenters. The number of Topliss-reactive ketones (excluding diaryl/α,β-unsaturated/α-hetero) is 1. The zero-order valence-electron chi connectivity index (χ0n) is 11.7. The number of nitrogens with zero attached hydrogens (tertiary/aromatic N) is 1. The summed E-state index contributed by atoms with van der Waals surface area (Å²) in [6.07, 6.45) is 3.28. The van der Waals surface area contributed by atoms with Crippen LogP contribution in [0.3, 0.4) is 0 Å². The number of hydrogen-bond acceptors (Lipinski definition) is 3. The van der Waals surface area contributed by atoms with Gasteiger partial charge >= 0.3 is 0 Å². The lowest BCUT2D eigenvalue weighted by Gasteiger charge is -2.04. The monoisotopic (exact) mass is 376 g/mol. The highest BCUT2D eigenvalue weighted by Gasteiger charge is 2.07. The Labute approximate surface area is 142 Å². The molecule has 0 heterocycles. The number of hydrazone groups is 1. The van der Waals surface area contributed by atoms with Gasteiger partial charge in [-0.1, -0.05) is 64.5 Å². The van der Waals surface area contributed by atoms with E-state index in [0.717, 1.165) is 15.6 Å². The van der Waals surface area contributed by atoms with Gasteiger partial charge in [0.25, 0.3) is 0 Å². The van der Waals surface area contributed by atoms with E-state index in [0.29, 0.717) is 10.6 Å². The Morgan fingerprint density at radius 3 is 2.82 bits per heavy atom. The van der Waals surface area contributed by atoms with E-state index >= 15 is 0 Å². The van der Waals surface area contributed by atoms with Crippen LogP contribution in [-0.2, 0) is 0 Å². The van der Waals surface area contributed by atoms with Crippen LogP contribution in [0, 0.1) is 0 Å². The molecule has 0 aliphatic heterocycles. The maximum absolute atomic E-state index is 12.1. The van der Waals surface area contributed by atoms with Crippen LogP contribution >= 0.6 is 27.5 Å². The van der Waals surface area contributed by atoms with Gasteiger partial charge in [0.15, 0.2) is 5.78 Å². The Kier molecular flexibility index (Phi) is 5.92. The fourth-order valence-electron chi connectivity index (χ4n) is 1.87. The van der Waals surface area contributed by atoms with Crippen LogP contribution in [0.4, 0.5) is 0 Å². The van der Waals surface area contributed by atoms with Gasteiger partial charge in [-0.05, 0) is 23.8 Å². The number of ketones is 1. The molecule has 0 bridgehead atoms. The lowest BCUT2D eigenvalue weighted by molar-refractivity contribution is 0.0991. The maximum atomic E-state index is 12.1. The minimum Gasteiger partial charge on any atom is -0.302 e. The summed E-state index contributed by atoms with van der Waals surface area (Å²) in [5, 5.41) is 4.68. The van der Waals surface area contributed by atoms with E-state index in [1.54, 1.807) is 30.5 Å². The highest BCUT2D eigenvalue weighted by Crippen LogP contribution is 2.19. The average molecular weight is 378 g/mol. The Morgan fingerprint density at radius 1 is 1.27 bits per heavy atom. The number of carbonyl (C=O) groups is 1. The Balaban J connectivity index is 1.98. The third kappa shape index (κ3) is 4.29. The lowest BCUT2D eigenvalue weighted by Crippen LogP contribution is -2.19. The summed E-state index contributed by atoms with van der Waals surface area (Å²) in [7, 11) is 0. The summed E-state index contributed by atoms with van der Waals surface area (Å²) in [5.74, 6) is -0.0437. The summed E-state index contributed by atoms with van der Waals surface area (Å²) in [6, 6.07) is 12.7. The second-order valence-electron chi connectivity index (χ2n) is 4.47. The van der Waals surface area contributed by atoms with Crippen LogP contribution < -0.4 is 5.43 Å². The second kappa shape index (κ2) is 7.92. The van der Waals surface area contributed by atoms with E-state index in [-0.39, 0.29) is 12.3 Å². The molecule has 0 radical (unpaired) electrons. The standard InChI is InChI=1S/C17H14BrClN2O/c1-2-12-5-3-4-6-15(12)17(22)11-21-20-10-13-9-14(19)7-8-16(13)18/h2-10,21H,1,11H2. The number of hydrogen-bond donors (Lipinski definition) is 1. The van der Waals surface area contributed by atoms with Crippen molar-refractivity contribution in [2.24, 2.45) is 5.10 Å². The van der Waals surface area contributed by atoms with Gasteiger partial charge in [-0.25, -0.2) is 0 Å². The first-order valence-electron chi connectivity index (χ1n) is 6.57. The number of rotatable bonds is 6. The molecule has 0 spiro atoms. The topological polar surface area (TPSA) is 41.5 Å². The summed E-state index contributed by atoms with van der Waals surface area (Å²) < 4.78 is 0.880. The molecule has 0 saturated heterocycles. The second-order valence-corrected chi connectivity index (χ2v) is 5.76. The molecule has 0 aliphatic rings. The van der Waals surface area contributed by atoms with Crippen molar-refractivity contribution in [1.29, 1.82) is 0 Å². The van der Waals surface area contributed by atoms with E-state index < -0.39 is 0 Å². The van der Waals surface area contributed by atoms with E-state index in [2.05, 4.69) is 33.0 Å². The van der Waals surface area contributed by atoms with E-state index in [1.807, 2.05) is 24.3 Å². The Morgan fingerprint density at radius 2 is 2.05 bits per heavy atom. The zero-order valence-corrected chi connectivity index (χ0v) is 14.1. The molecule has 0 saturated carbocycles. The molecule has 22 heavy (non-hydrogen) atoms. The molecule has 5 heteroatoms. The summed E-state index contributed by atoms with van der Waals surface area (Å²) >= 11 is 9.34. The van der Waals surface area contributed by atoms with Gasteiger partial charge in [-0.2, -0.15) is 5.10 Å². The normalized spacial score (nSPS) is 10.6. The van der Waals surface area contributed by atoms with Gasteiger partial charge in [0.1, 0.15) is 0 Å². The van der Waals surface area contributed by atoms with Crippen LogP contribution in [0.1, 0.15) is 21.5 Å². The quantitative estimate of drug-likeness (QED) is 0.456. The summed E-state index contributed by atoms with van der Waals surface area (Å²) in [4.78, 5) is 12.1. The molecule has 0 fully saturated rings. The van der Waals surface area contributed by atoms with Crippen LogP contribution in [0.2, 0.25) is 5.02 Å². The third-order valence-corrected chi connectivity index (χ3v) is 3.93. The fourth-order valence-corrected chi connectivity index (χ4v) is 2.40. The highest BCUT2D eigenvalue weighted by atomic mass is 79.9. The minimum atomic E-state index is -0.0437. The van der Waals surface area contributed by atoms with Crippen molar-refractivity contribution in [2.45, 2.75) is 0 Å². The van der Waals surface area contributed by atoms with Gasteiger partial charge in [-0.3, -0.25) is 4.79 Å². The van der Waals surface area contributed by atoms with Crippen molar-refractivity contribution < 1.29 is 4.79 Å². The lowest BCUT2D eigenvalue weighted by atomic mass is 10.0. The first-order valence-corrected chi connectivity index (χ1v) is 7.74. The molecule has 0 amide bonds. The Hall–Kier alpha value is -1.91. The van der Waals surface area contributed by atoms with E-state index in [9.17, 15) is 4.79 Å². The van der Waals surface area contributed by atoms with Crippen molar-refractivity contribution in [1.82, 2.24) is 5.43 Å². The third-order valence-electron chi connectivity index (χ3n) is 2.97. The average Bonchev–Trinajstić information content (AvgIpc) is 2.54. The predicted molar refractivity (Wildman–Crippen MR) is 95.6 cm³/mol. The number of carbonyl (C=O) groups excluding carboxylic acids is 1. The van der Waals surface area contributed by atoms with Crippen LogP contribution in [0.25, 0.3) is 6.08 Å². The first-order chi connectivity index (χ1) is 10.6. The predicted octanol–water partition coefficient (Wildman–Crippen LogP) is 4.55. The van der Waals surface area contributed by atoms with Crippen LogP contribution in [0.5, 0.6) is 0 Å². The largest absolute Gasteiger partial charge is 0.302 e. The van der Waals surface area contributed by atoms with Crippen molar-refractivity contribution >= 4 is 45.6 Å². The van der Waals surface area contributed by atoms with Crippen molar-refractivity contribution in [3.8, 4) is 0 Å². The summed E-state index contributed by atoms with van der Waals surface area (Å²) in [6.45, 7) is 3.82. The number of benzene rings is 2. The molecule has 0 unspecified atom stereocenters. The van der Waals surface area contributed by atoms with Crippen molar-refractivity contribution in [3.05, 3.63) is 75.2 Å². The van der Waals surface area contributed by atoms with Crippen molar-refractivity contribution in [3.63, 3.8) is 0 Å². The van der Waals surface area contributed by atoms with E-state index in [4.69, 9.17) is 11.6 Å². The van der Waals surface area contributed by atoms with Crippen LogP contribution in [-0.4, -0.2) is 18.5 Å². The minimum absolute atomic E-state index is 0.0437. The number of halogens is 2. The molecule has 0 aliphatic carbocycles. The zero-order chi connectivity index (χ0) is 15.9. The SMILES string of the molecule is C=Cc1ccccc1C(=O)CNN=Cc1cc(Cl)ccc1Br. The van der Waals surface area contributed by atoms with E-state index in [1.165, 1.54) is 0 Å². The first kappa shape index (κ1) is 16.5. The molecule has 2 rings (SSSR count). The maximum Gasteiger partial charge on any atom is 0.184 e.